The highest BCUT2D eigenvalue weighted by Crippen LogP contribution is 2.66. The molecule has 12 heteroatoms. The van der Waals surface area contributed by atoms with Gasteiger partial charge in [-0.15, -0.1) is 0 Å². The number of aromatic nitrogens is 1. The molecule has 11 nitrogen and oxygen atoms in total. The van der Waals surface area contributed by atoms with Gasteiger partial charge in [0.25, 0.3) is 5.91 Å². The molecule has 272 valence electrons. The zero-order valence-electron chi connectivity index (χ0n) is 30.3. The number of carbonyl (C=O) groups is 3. The second-order valence-corrected chi connectivity index (χ2v) is 18.2. The summed E-state index contributed by atoms with van der Waals surface area (Å²) in [6.45, 7) is 7.60. The van der Waals surface area contributed by atoms with Crippen LogP contribution in [0.2, 0.25) is 0 Å². The van der Waals surface area contributed by atoms with Crippen molar-refractivity contribution in [3.63, 3.8) is 0 Å². The van der Waals surface area contributed by atoms with Crippen LogP contribution in [0.3, 0.4) is 0 Å². The number of likely N-dealkylation sites (N-methyl/N-ethyl adjacent to an activating group) is 1. The van der Waals surface area contributed by atoms with Crippen LogP contribution in [0.25, 0.3) is 22.2 Å². The summed E-state index contributed by atoms with van der Waals surface area (Å²) < 4.78 is 35.8. The van der Waals surface area contributed by atoms with Gasteiger partial charge in [0, 0.05) is 67.6 Å². The van der Waals surface area contributed by atoms with Crippen LogP contribution in [0.15, 0.2) is 36.4 Å². The number of fused-ring (bicyclic) bond motifs is 9. The molecule has 2 aliphatic carbocycles. The van der Waals surface area contributed by atoms with Crippen LogP contribution in [0, 0.1) is 5.41 Å². The van der Waals surface area contributed by atoms with Crippen LogP contribution >= 0.6 is 0 Å². The zero-order valence-corrected chi connectivity index (χ0v) is 31.1. The fraction of sp³-hybridized carbons (Fsp3) is 0.564. The number of nitrogens with one attached hydrogen (secondary N) is 1. The Balaban J connectivity index is 1.30. The molecular weight excluding hydrogens is 667 g/mol. The predicted molar refractivity (Wildman–Crippen MR) is 195 cm³/mol. The minimum atomic E-state index is -3.83. The van der Waals surface area contributed by atoms with Crippen LogP contribution in [-0.4, -0.2) is 103 Å². The fourth-order valence-corrected chi connectivity index (χ4v) is 10.3. The van der Waals surface area contributed by atoms with E-state index in [1.165, 1.54) is 12.0 Å². The van der Waals surface area contributed by atoms with Crippen molar-refractivity contribution < 1.29 is 27.5 Å². The van der Waals surface area contributed by atoms with Gasteiger partial charge in [-0.2, -0.15) is 0 Å². The van der Waals surface area contributed by atoms with Gasteiger partial charge in [-0.1, -0.05) is 25.3 Å². The lowest BCUT2D eigenvalue weighted by Crippen LogP contribution is -2.70. The van der Waals surface area contributed by atoms with Crippen LogP contribution in [0.4, 0.5) is 0 Å². The normalized spacial score (nSPS) is 26.3. The maximum atomic E-state index is 15.3. The number of sulfonamides is 1. The Morgan fingerprint density at radius 2 is 1.67 bits per heavy atom. The second-order valence-electron chi connectivity index (χ2n) is 16.0. The van der Waals surface area contributed by atoms with Crippen molar-refractivity contribution in [2.75, 3.05) is 40.3 Å². The number of benzene rings is 2. The summed E-state index contributed by atoms with van der Waals surface area (Å²) in [5.74, 6) is 0.581. The van der Waals surface area contributed by atoms with Gasteiger partial charge < -0.3 is 24.0 Å². The maximum absolute atomic E-state index is 15.3. The number of hydrogen-bond donors (Lipinski definition) is 1. The molecule has 0 spiro atoms. The monoisotopic (exact) mass is 715 g/mol. The smallest absolute Gasteiger partial charge is 0.264 e. The van der Waals surface area contributed by atoms with E-state index < -0.39 is 26.6 Å². The molecule has 2 aromatic carbocycles. The number of carbonyl (C=O) groups excluding carboxylic acids is 3. The number of nitrogens with zero attached hydrogens (tertiary/aromatic N) is 4. The molecule has 3 aliphatic heterocycles. The predicted octanol–water partition coefficient (Wildman–Crippen LogP) is 4.69. The average molecular weight is 716 g/mol. The van der Waals surface area contributed by atoms with Crippen molar-refractivity contribution in [3.05, 3.63) is 53.1 Å². The molecule has 3 aromatic rings. The number of rotatable bonds is 6. The van der Waals surface area contributed by atoms with E-state index >= 15 is 4.79 Å². The van der Waals surface area contributed by atoms with Crippen LogP contribution < -0.4 is 9.46 Å². The first-order valence-electron chi connectivity index (χ1n) is 18.5. The lowest BCUT2D eigenvalue weighted by atomic mass is 9.81. The van der Waals surface area contributed by atoms with E-state index in [0.29, 0.717) is 45.1 Å². The van der Waals surface area contributed by atoms with E-state index in [2.05, 4.69) is 38.3 Å². The molecule has 5 aliphatic rings. The zero-order chi connectivity index (χ0) is 36.0. The Morgan fingerprint density at radius 3 is 2.31 bits per heavy atom. The standard InChI is InChI=1S/C39H49N5O6S/c1-23(2)51(48,49)40-37(46)26-11-13-31-34(15-26)43-22-39(38(47)44-27-18-41(4)19-28(44)21-42(20-27)24(3)45)17-33(39)32-16-29(50-5)12-14-30(32)36(43)35(31)25-9-7-6-8-10-25/h11-16,23,25,27-28,33H,6-10,17-22H2,1-5H3,(H,40,46). The van der Waals surface area contributed by atoms with Gasteiger partial charge in [-0.25, -0.2) is 13.1 Å². The van der Waals surface area contributed by atoms with Crippen LogP contribution in [0.5, 0.6) is 5.75 Å². The SMILES string of the molecule is COc1ccc2c(c1)C1CC1(C(=O)N1C3CN(C)CC1CN(C(C)=O)C3)Cn1c-2c(C2CCCCC2)c2ccc(C(=O)NS(=O)(=O)C(C)C)cc21. The van der Waals surface area contributed by atoms with Crippen LogP contribution in [0.1, 0.15) is 92.6 Å². The minimum Gasteiger partial charge on any atom is -0.497 e. The Labute approximate surface area is 300 Å². The minimum absolute atomic E-state index is 0.0174. The van der Waals surface area contributed by atoms with Gasteiger partial charge >= 0.3 is 0 Å². The van der Waals surface area contributed by atoms with Gasteiger partial charge in [0.15, 0.2) is 0 Å². The highest BCUT2D eigenvalue weighted by Gasteiger charge is 2.65. The molecule has 4 atom stereocenters. The van der Waals surface area contributed by atoms with Crippen molar-refractivity contribution in [1.29, 1.82) is 0 Å². The van der Waals surface area contributed by atoms with Crippen molar-refractivity contribution in [2.24, 2.45) is 5.41 Å². The summed E-state index contributed by atoms with van der Waals surface area (Å²) in [5.41, 5.74) is 4.98. The quantitative estimate of drug-likeness (QED) is 0.393. The Hall–Kier alpha value is -3.90. The van der Waals surface area contributed by atoms with Crippen molar-refractivity contribution in [2.45, 2.75) is 95.0 Å². The van der Waals surface area contributed by atoms with Gasteiger partial charge in [0.1, 0.15) is 5.75 Å². The van der Waals surface area contributed by atoms with Gasteiger partial charge in [0.2, 0.25) is 21.8 Å². The third-order valence-corrected chi connectivity index (χ3v) is 14.2. The highest BCUT2D eigenvalue weighted by atomic mass is 32.2. The molecule has 0 radical (unpaired) electrons. The Morgan fingerprint density at radius 1 is 0.961 bits per heavy atom. The number of piperazine rings is 2. The van der Waals surface area contributed by atoms with E-state index in [9.17, 15) is 18.0 Å². The fourth-order valence-electron chi connectivity index (χ4n) is 9.72. The molecule has 8 rings (SSSR count). The molecule has 2 bridgehead atoms. The number of ether oxygens (including phenoxy) is 1. The number of hydrogen-bond acceptors (Lipinski definition) is 7. The molecule has 51 heavy (non-hydrogen) atoms. The molecule has 2 saturated heterocycles. The number of methoxy groups -OCH3 is 1. The van der Waals surface area contributed by atoms with E-state index in [-0.39, 0.29) is 35.4 Å². The van der Waals surface area contributed by atoms with Crippen molar-refractivity contribution >= 4 is 38.6 Å². The van der Waals surface area contributed by atoms with E-state index in [0.717, 1.165) is 59.2 Å². The third kappa shape index (κ3) is 5.55. The second kappa shape index (κ2) is 12.4. The van der Waals surface area contributed by atoms with Crippen molar-refractivity contribution in [1.82, 2.24) is 24.0 Å². The van der Waals surface area contributed by atoms with E-state index in [1.807, 2.05) is 23.1 Å². The summed E-state index contributed by atoms with van der Waals surface area (Å²) in [7, 11) is -0.0742. The number of amides is 3. The Bertz CT molecular complexity index is 2040. The largest absolute Gasteiger partial charge is 0.497 e. The maximum Gasteiger partial charge on any atom is 0.264 e. The molecule has 4 fully saturated rings. The third-order valence-electron chi connectivity index (χ3n) is 12.4. The summed E-state index contributed by atoms with van der Waals surface area (Å²) in [5, 5.41) is 0.299. The van der Waals surface area contributed by atoms with Crippen LogP contribution in [-0.2, 0) is 26.2 Å². The molecular formula is C39H49N5O6S. The Kier molecular flexibility index (Phi) is 8.29. The first-order chi connectivity index (χ1) is 24.3. The summed E-state index contributed by atoms with van der Waals surface area (Å²) >= 11 is 0. The molecule has 1 N–H and O–H groups in total. The summed E-state index contributed by atoms with van der Waals surface area (Å²) in [6, 6.07) is 11.6. The van der Waals surface area contributed by atoms with E-state index in [4.69, 9.17) is 4.74 Å². The topological polar surface area (TPSA) is 121 Å². The molecule has 3 amide bonds. The highest BCUT2D eigenvalue weighted by molar-refractivity contribution is 7.90. The lowest BCUT2D eigenvalue weighted by molar-refractivity contribution is -0.157. The average Bonchev–Trinajstić information content (AvgIpc) is 3.77. The first kappa shape index (κ1) is 34.2. The molecule has 4 unspecified atom stereocenters. The first-order valence-corrected chi connectivity index (χ1v) is 20.0. The van der Waals surface area contributed by atoms with Gasteiger partial charge in [0.05, 0.1) is 35.6 Å². The molecule has 2 saturated carbocycles. The summed E-state index contributed by atoms with van der Waals surface area (Å²) in [4.78, 5) is 47.6. The van der Waals surface area contributed by atoms with Crippen molar-refractivity contribution in [3.8, 4) is 17.0 Å². The van der Waals surface area contributed by atoms with Gasteiger partial charge in [-0.3, -0.25) is 14.4 Å². The summed E-state index contributed by atoms with van der Waals surface area (Å²) in [6.07, 6.45) is 6.33. The van der Waals surface area contributed by atoms with E-state index in [1.54, 1.807) is 33.9 Å². The lowest BCUT2D eigenvalue weighted by Gasteiger charge is -2.53. The molecule has 1 aromatic heterocycles. The van der Waals surface area contributed by atoms with Gasteiger partial charge in [-0.05, 0) is 87.5 Å². The molecule has 4 heterocycles.